The van der Waals surface area contributed by atoms with E-state index in [2.05, 4.69) is 5.32 Å². The fraction of sp³-hybridized carbons (Fsp3) is 0.409. The largest absolute Gasteiger partial charge is 0.497 e. The van der Waals surface area contributed by atoms with Crippen molar-refractivity contribution in [2.24, 2.45) is 5.92 Å². The molecule has 0 unspecified atom stereocenters. The fourth-order valence-corrected chi connectivity index (χ4v) is 5.56. The lowest BCUT2D eigenvalue weighted by molar-refractivity contribution is -0.116. The van der Waals surface area contributed by atoms with Crippen LogP contribution in [0.4, 0.5) is 5.69 Å². The molecule has 1 aliphatic heterocycles. The third-order valence-electron chi connectivity index (χ3n) is 5.40. The lowest BCUT2D eigenvalue weighted by Crippen LogP contribution is -2.40. The Bertz CT molecular complexity index is 1010. The highest BCUT2D eigenvalue weighted by atomic mass is 35.5. The molecule has 0 bridgehead atoms. The second kappa shape index (κ2) is 9.81. The molecular formula is C22H27ClN2O4S. The van der Waals surface area contributed by atoms with Crippen molar-refractivity contribution in [3.63, 3.8) is 0 Å². The van der Waals surface area contributed by atoms with Crippen molar-refractivity contribution in [2.45, 2.75) is 37.5 Å². The highest BCUT2D eigenvalue weighted by Crippen LogP contribution is 2.28. The molecule has 0 aliphatic carbocycles. The second-order valence-electron chi connectivity index (χ2n) is 7.60. The van der Waals surface area contributed by atoms with Crippen LogP contribution in [0.15, 0.2) is 47.4 Å². The summed E-state index contributed by atoms with van der Waals surface area (Å²) in [6.45, 7) is 2.82. The molecule has 162 valence electrons. The van der Waals surface area contributed by atoms with Gasteiger partial charge in [-0.3, -0.25) is 4.79 Å². The van der Waals surface area contributed by atoms with Crippen LogP contribution in [-0.2, 0) is 14.8 Å². The van der Waals surface area contributed by atoms with Gasteiger partial charge in [0.25, 0.3) is 0 Å². The molecule has 3 rings (SSSR count). The maximum atomic E-state index is 12.9. The summed E-state index contributed by atoms with van der Waals surface area (Å²) in [4.78, 5) is 12.6. The Morgan fingerprint density at radius 2 is 2.07 bits per heavy atom. The summed E-state index contributed by atoms with van der Waals surface area (Å²) in [6, 6.07) is 11.8. The van der Waals surface area contributed by atoms with Gasteiger partial charge in [0.15, 0.2) is 0 Å². The van der Waals surface area contributed by atoms with Gasteiger partial charge < -0.3 is 10.1 Å². The molecule has 0 saturated carbocycles. The number of piperidine rings is 1. The molecule has 30 heavy (non-hydrogen) atoms. The van der Waals surface area contributed by atoms with E-state index in [0.717, 1.165) is 29.8 Å². The third kappa shape index (κ3) is 5.53. The number of nitrogens with one attached hydrogen (secondary N) is 1. The molecule has 1 N–H and O–H groups in total. The normalized spacial score (nSPS) is 17.5. The van der Waals surface area contributed by atoms with Gasteiger partial charge in [0.05, 0.1) is 12.0 Å². The summed E-state index contributed by atoms with van der Waals surface area (Å²) < 4.78 is 32.6. The topological polar surface area (TPSA) is 75.7 Å². The first-order chi connectivity index (χ1) is 14.3. The van der Waals surface area contributed by atoms with Crippen molar-refractivity contribution in [3.05, 3.63) is 53.1 Å². The minimum absolute atomic E-state index is 0.0712. The molecule has 6 nitrogen and oxygen atoms in total. The Labute approximate surface area is 183 Å². The third-order valence-corrected chi connectivity index (χ3v) is 7.50. The van der Waals surface area contributed by atoms with E-state index in [4.69, 9.17) is 16.3 Å². The van der Waals surface area contributed by atoms with Crippen molar-refractivity contribution in [1.82, 2.24) is 4.31 Å². The van der Waals surface area contributed by atoms with E-state index >= 15 is 0 Å². The van der Waals surface area contributed by atoms with Crippen LogP contribution in [0, 0.1) is 12.8 Å². The number of sulfonamides is 1. The van der Waals surface area contributed by atoms with Crippen LogP contribution in [0.3, 0.4) is 0 Å². The number of rotatable bonds is 7. The van der Waals surface area contributed by atoms with Crippen molar-refractivity contribution in [2.75, 3.05) is 25.5 Å². The number of ether oxygens (including phenoxy) is 1. The van der Waals surface area contributed by atoms with Gasteiger partial charge in [0.2, 0.25) is 15.9 Å². The van der Waals surface area contributed by atoms with Gasteiger partial charge in [-0.15, -0.1) is 0 Å². The van der Waals surface area contributed by atoms with E-state index in [-0.39, 0.29) is 16.7 Å². The van der Waals surface area contributed by atoms with Crippen LogP contribution in [0.1, 0.15) is 31.2 Å². The first-order valence-corrected chi connectivity index (χ1v) is 11.8. The van der Waals surface area contributed by atoms with E-state index in [1.165, 1.54) is 10.4 Å². The predicted octanol–water partition coefficient (Wildman–Crippen LogP) is 4.48. The van der Waals surface area contributed by atoms with E-state index in [0.29, 0.717) is 31.0 Å². The number of hydrogen-bond acceptors (Lipinski definition) is 4. The summed E-state index contributed by atoms with van der Waals surface area (Å²) >= 11 is 5.96. The average Bonchev–Trinajstić information content (AvgIpc) is 2.74. The minimum Gasteiger partial charge on any atom is -0.497 e. The van der Waals surface area contributed by atoms with Crippen LogP contribution < -0.4 is 10.1 Å². The zero-order valence-electron chi connectivity index (χ0n) is 17.2. The number of amides is 1. The van der Waals surface area contributed by atoms with Crippen molar-refractivity contribution >= 4 is 33.2 Å². The summed E-state index contributed by atoms with van der Waals surface area (Å²) in [5.74, 6) is 0.822. The van der Waals surface area contributed by atoms with Gasteiger partial charge in [-0.25, -0.2) is 8.42 Å². The van der Waals surface area contributed by atoms with Crippen LogP contribution in [0.5, 0.6) is 5.75 Å². The fourth-order valence-electron chi connectivity index (χ4n) is 3.71. The summed E-state index contributed by atoms with van der Waals surface area (Å²) in [7, 11) is -1.98. The number of carbonyl (C=O) groups excluding carboxylic acids is 1. The van der Waals surface area contributed by atoms with Crippen molar-refractivity contribution in [1.29, 1.82) is 0 Å². The summed E-state index contributed by atoms with van der Waals surface area (Å²) in [6.07, 6.45) is 2.68. The van der Waals surface area contributed by atoms with Crippen LogP contribution >= 0.6 is 11.6 Å². The number of anilines is 1. The molecule has 1 aliphatic rings. The Balaban J connectivity index is 1.57. The number of nitrogens with zero attached hydrogens (tertiary/aromatic N) is 1. The SMILES string of the molecule is COc1ccc(NC(=O)CC[C@H]2CCCN(S(=O)(=O)c3cccc(Cl)c3)C2)c(C)c1. The van der Waals surface area contributed by atoms with E-state index in [9.17, 15) is 13.2 Å². The number of carbonyl (C=O) groups is 1. The summed E-state index contributed by atoms with van der Waals surface area (Å²) in [5, 5.41) is 3.33. The van der Waals surface area contributed by atoms with Gasteiger partial charge in [-0.2, -0.15) is 4.31 Å². The lowest BCUT2D eigenvalue weighted by Gasteiger charge is -2.32. The lowest BCUT2D eigenvalue weighted by atomic mass is 9.94. The standard InChI is InChI=1S/C22H27ClN2O4S/c1-16-13-19(29-2)9-10-21(16)24-22(26)11-8-17-5-4-12-25(15-17)30(27,28)20-7-3-6-18(23)14-20/h3,6-7,9-10,13-14,17H,4-5,8,11-12,15H2,1-2H3,(H,24,26)/t17-/m1/s1. The zero-order chi connectivity index (χ0) is 21.7. The van der Waals surface area contributed by atoms with Crippen molar-refractivity contribution in [3.8, 4) is 5.75 Å². The highest BCUT2D eigenvalue weighted by Gasteiger charge is 2.30. The first-order valence-electron chi connectivity index (χ1n) is 10.00. The highest BCUT2D eigenvalue weighted by molar-refractivity contribution is 7.89. The molecular weight excluding hydrogens is 424 g/mol. The molecule has 2 aromatic rings. The smallest absolute Gasteiger partial charge is 0.243 e. The van der Waals surface area contributed by atoms with E-state index in [1.54, 1.807) is 25.3 Å². The number of aryl methyl sites for hydroxylation is 1. The number of methoxy groups -OCH3 is 1. The Morgan fingerprint density at radius 3 is 2.77 bits per heavy atom. The minimum atomic E-state index is -3.58. The molecule has 2 aromatic carbocycles. The Morgan fingerprint density at radius 1 is 1.27 bits per heavy atom. The number of hydrogen-bond donors (Lipinski definition) is 1. The molecule has 8 heteroatoms. The van der Waals surface area contributed by atoms with Crippen LogP contribution in [-0.4, -0.2) is 38.8 Å². The molecule has 0 spiro atoms. The average molecular weight is 451 g/mol. The molecule has 1 heterocycles. The molecule has 1 saturated heterocycles. The zero-order valence-corrected chi connectivity index (χ0v) is 18.8. The monoisotopic (exact) mass is 450 g/mol. The number of halogens is 1. The van der Waals surface area contributed by atoms with Gasteiger partial charge in [0, 0.05) is 30.2 Å². The van der Waals surface area contributed by atoms with Gasteiger partial charge in [-0.05, 0) is 74.1 Å². The maximum Gasteiger partial charge on any atom is 0.243 e. The maximum absolute atomic E-state index is 12.9. The van der Waals surface area contributed by atoms with Crippen LogP contribution in [0.2, 0.25) is 5.02 Å². The molecule has 0 radical (unpaired) electrons. The van der Waals surface area contributed by atoms with Crippen LogP contribution in [0.25, 0.3) is 0 Å². The van der Waals surface area contributed by atoms with E-state index in [1.807, 2.05) is 25.1 Å². The van der Waals surface area contributed by atoms with Gasteiger partial charge in [-0.1, -0.05) is 17.7 Å². The molecule has 1 amide bonds. The Kier molecular flexibility index (Phi) is 7.39. The predicted molar refractivity (Wildman–Crippen MR) is 119 cm³/mol. The molecule has 1 fully saturated rings. The van der Waals surface area contributed by atoms with Gasteiger partial charge in [0.1, 0.15) is 5.75 Å². The summed E-state index contributed by atoms with van der Waals surface area (Å²) in [5.41, 5.74) is 1.69. The van der Waals surface area contributed by atoms with E-state index < -0.39 is 10.0 Å². The quantitative estimate of drug-likeness (QED) is 0.674. The molecule has 0 aromatic heterocycles. The van der Waals surface area contributed by atoms with Gasteiger partial charge >= 0.3 is 0 Å². The first kappa shape index (κ1) is 22.6. The second-order valence-corrected chi connectivity index (χ2v) is 9.97. The van der Waals surface area contributed by atoms with Crippen molar-refractivity contribution < 1.29 is 17.9 Å². The Hall–Kier alpha value is -2.09. The molecule has 1 atom stereocenters. The number of benzene rings is 2.